The largest absolute Gasteiger partial charge is 0.497 e. The quantitative estimate of drug-likeness (QED) is 0.511. The molecule has 0 unspecified atom stereocenters. The van der Waals surface area contributed by atoms with E-state index < -0.39 is 43.3 Å². The van der Waals surface area contributed by atoms with E-state index in [1.165, 1.54) is 6.92 Å². The summed E-state index contributed by atoms with van der Waals surface area (Å²) in [5.74, 6) is 0.822. The molecule has 2 aromatic rings. The maximum absolute atomic E-state index is 11.7. The Hall–Kier alpha value is -2.69. The Morgan fingerprint density at radius 1 is 0.848 bits per heavy atom. The van der Waals surface area contributed by atoms with Crippen molar-refractivity contribution in [2.45, 2.75) is 50.8 Å². The first kappa shape index (κ1) is 24.9. The lowest BCUT2D eigenvalue weighted by atomic mass is 9.98. The van der Waals surface area contributed by atoms with E-state index in [9.17, 15) is 15.0 Å². The van der Waals surface area contributed by atoms with Crippen LogP contribution in [0.4, 0.5) is 0 Å². The van der Waals surface area contributed by atoms with Crippen molar-refractivity contribution in [1.82, 2.24) is 0 Å². The number of hydrogen-bond donors (Lipinski definition) is 2. The number of benzene rings is 2. The van der Waals surface area contributed by atoms with Gasteiger partial charge in [-0.15, -0.1) is 0 Å². The molecule has 1 aliphatic heterocycles. The standard InChI is InChI=1S/C24H30O9/c1-15(26)32-23-22(31-14-17-6-10-19(29-3)11-7-17)21(20(12-25)33-24(23)27)30-13-16-4-8-18(28-2)9-5-16/h4-11,20-25,27H,12-14H2,1-3H3/t20-,21-,22+,23-,24-/m1/s1. The number of rotatable bonds is 10. The summed E-state index contributed by atoms with van der Waals surface area (Å²) in [4.78, 5) is 11.7. The Bertz CT molecular complexity index is 869. The fraction of sp³-hybridized carbons (Fsp3) is 0.458. The first-order valence-corrected chi connectivity index (χ1v) is 10.6. The lowest BCUT2D eigenvalue weighted by Gasteiger charge is -2.43. The average molecular weight is 462 g/mol. The minimum absolute atomic E-state index is 0.152. The fourth-order valence-corrected chi connectivity index (χ4v) is 3.58. The minimum atomic E-state index is -1.48. The van der Waals surface area contributed by atoms with Crippen molar-refractivity contribution in [3.05, 3.63) is 59.7 Å². The molecule has 1 saturated heterocycles. The molecular weight excluding hydrogens is 432 g/mol. The Labute approximate surface area is 192 Å². The summed E-state index contributed by atoms with van der Waals surface area (Å²) in [7, 11) is 3.17. The summed E-state index contributed by atoms with van der Waals surface area (Å²) >= 11 is 0. The average Bonchev–Trinajstić information content (AvgIpc) is 2.83. The minimum Gasteiger partial charge on any atom is -0.497 e. The van der Waals surface area contributed by atoms with Crippen LogP contribution in [-0.2, 0) is 37.0 Å². The van der Waals surface area contributed by atoms with Gasteiger partial charge >= 0.3 is 5.97 Å². The molecule has 1 heterocycles. The van der Waals surface area contributed by atoms with Crippen LogP contribution >= 0.6 is 0 Å². The number of hydrogen-bond acceptors (Lipinski definition) is 9. The second-order valence-electron chi connectivity index (χ2n) is 7.57. The van der Waals surface area contributed by atoms with Crippen LogP contribution in [0.1, 0.15) is 18.1 Å². The second-order valence-corrected chi connectivity index (χ2v) is 7.57. The zero-order valence-electron chi connectivity index (χ0n) is 18.9. The molecule has 9 heteroatoms. The van der Waals surface area contributed by atoms with E-state index in [1.54, 1.807) is 26.4 Å². The van der Waals surface area contributed by atoms with Gasteiger partial charge in [0.05, 0.1) is 34.0 Å². The maximum Gasteiger partial charge on any atom is 0.303 e. The zero-order valence-corrected chi connectivity index (χ0v) is 18.9. The SMILES string of the molecule is COc1ccc(CO[C@@H]2[C@@H](OC(C)=O)[C@H](O)O[C@H](CO)[C@H]2OCc2ccc(OC)cc2)cc1. The van der Waals surface area contributed by atoms with Crippen LogP contribution < -0.4 is 9.47 Å². The number of ether oxygens (including phenoxy) is 6. The molecule has 0 amide bonds. The lowest BCUT2D eigenvalue weighted by Crippen LogP contribution is -2.61. The summed E-state index contributed by atoms with van der Waals surface area (Å²) in [6, 6.07) is 14.6. The van der Waals surface area contributed by atoms with E-state index in [0.717, 1.165) is 11.1 Å². The first-order valence-electron chi connectivity index (χ1n) is 10.6. The molecule has 180 valence electrons. The molecule has 0 saturated carbocycles. The molecule has 0 spiro atoms. The molecule has 9 nitrogen and oxygen atoms in total. The van der Waals surface area contributed by atoms with E-state index in [0.29, 0.717) is 11.5 Å². The molecular formula is C24H30O9. The van der Waals surface area contributed by atoms with Crippen molar-refractivity contribution in [2.24, 2.45) is 0 Å². The van der Waals surface area contributed by atoms with Crippen LogP contribution in [0.15, 0.2) is 48.5 Å². The Morgan fingerprint density at radius 2 is 1.33 bits per heavy atom. The number of carbonyl (C=O) groups is 1. The van der Waals surface area contributed by atoms with E-state index in [-0.39, 0.29) is 13.2 Å². The highest BCUT2D eigenvalue weighted by Gasteiger charge is 2.48. The Kier molecular flexibility index (Phi) is 9.04. The van der Waals surface area contributed by atoms with Gasteiger partial charge in [-0.25, -0.2) is 0 Å². The van der Waals surface area contributed by atoms with Gasteiger partial charge in [-0.05, 0) is 35.4 Å². The van der Waals surface area contributed by atoms with Gasteiger partial charge in [0.25, 0.3) is 0 Å². The highest BCUT2D eigenvalue weighted by Crippen LogP contribution is 2.29. The highest BCUT2D eigenvalue weighted by molar-refractivity contribution is 5.66. The topological polar surface area (TPSA) is 113 Å². The molecule has 2 N–H and O–H groups in total. The predicted molar refractivity (Wildman–Crippen MR) is 117 cm³/mol. The van der Waals surface area contributed by atoms with Gasteiger partial charge in [-0.1, -0.05) is 24.3 Å². The van der Waals surface area contributed by atoms with Gasteiger partial charge in [0, 0.05) is 6.92 Å². The summed E-state index contributed by atoms with van der Waals surface area (Å²) in [6.07, 6.45) is -5.21. The Morgan fingerprint density at radius 3 is 1.76 bits per heavy atom. The Balaban J connectivity index is 1.78. The van der Waals surface area contributed by atoms with E-state index in [4.69, 9.17) is 28.4 Å². The van der Waals surface area contributed by atoms with Crippen LogP contribution in [0.3, 0.4) is 0 Å². The summed E-state index contributed by atoms with van der Waals surface area (Å²) < 4.78 is 33.3. The third kappa shape index (κ3) is 6.66. The summed E-state index contributed by atoms with van der Waals surface area (Å²) in [5.41, 5.74) is 1.70. The fourth-order valence-electron chi connectivity index (χ4n) is 3.58. The van der Waals surface area contributed by atoms with Gasteiger partial charge in [-0.3, -0.25) is 4.79 Å². The monoisotopic (exact) mass is 462 g/mol. The van der Waals surface area contributed by atoms with E-state index in [2.05, 4.69) is 0 Å². The van der Waals surface area contributed by atoms with Crippen molar-refractivity contribution in [3.8, 4) is 11.5 Å². The van der Waals surface area contributed by atoms with Crippen molar-refractivity contribution >= 4 is 5.97 Å². The predicted octanol–water partition coefficient (Wildman–Crippen LogP) is 1.82. The number of aliphatic hydroxyl groups is 2. The molecule has 1 fully saturated rings. The van der Waals surface area contributed by atoms with Gasteiger partial charge in [0.2, 0.25) is 0 Å². The molecule has 3 rings (SSSR count). The normalized spacial score (nSPS) is 24.8. The molecule has 1 aliphatic rings. The molecule has 33 heavy (non-hydrogen) atoms. The van der Waals surface area contributed by atoms with E-state index >= 15 is 0 Å². The maximum atomic E-state index is 11.7. The van der Waals surface area contributed by atoms with Gasteiger partial charge in [-0.2, -0.15) is 0 Å². The number of aliphatic hydroxyl groups excluding tert-OH is 2. The van der Waals surface area contributed by atoms with Crippen molar-refractivity contribution in [1.29, 1.82) is 0 Å². The van der Waals surface area contributed by atoms with Crippen molar-refractivity contribution in [2.75, 3.05) is 20.8 Å². The van der Waals surface area contributed by atoms with Gasteiger partial charge < -0.3 is 38.6 Å². The third-order valence-corrected chi connectivity index (χ3v) is 5.29. The summed E-state index contributed by atoms with van der Waals surface area (Å²) in [6.45, 7) is 1.15. The van der Waals surface area contributed by atoms with Crippen molar-refractivity contribution in [3.63, 3.8) is 0 Å². The lowest BCUT2D eigenvalue weighted by molar-refractivity contribution is -0.307. The van der Waals surface area contributed by atoms with Crippen LogP contribution in [0, 0.1) is 0 Å². The first-order chi connectivity index (χ1) is 15.9. The van der Waals surface area contributed by atoms with Gasteiger partial charge in [0.15, 0.2) is 12.4 Å². The molecule has 0 aliphatic carbocycles. The third-order valence-electron chi connectivity index (χ3n) is 5.29. The molecule has 0 radical (unpaired) electrons. The van der Waals surface area contributed by atoms with Crippen LogP contribution in [0.2, 0.25) is 0 Å². The van der Waals surface area contributed by atoms with Gasteiger partial charge in [0.1, 0.15) is 29.8 Å². The smallest absolute Gasteiger partial charge is 0.303 e. The van der Waals surface area contributed by atoms with Crippen LogP contribution in [0.5, 0.6) is 11.5 Å². The molecule has 0 aromatic heterocycles. The number of carbonyl (C=O) groups excluding carboxylic acids is 1. The zero-order chi connectivity index (χ0) is 23.8. The molecule has 5 atom stereocenters. The second kappa shape index (κ2) is 12.0. The van der Waals surface area contributed by atoms with Crippen LogP contribution in [-0.4, -0.2) is 67.7 Å². The van der Waals surface area contributed by atoms with Crippen molar-refractivity contribution < 1.29 is 43.4 Å². The molecule has 2 aromatic carbocycles. The van der Waals surface area contributed by atoms with E-state index in [1.807, 2.05) is 36.4 Å². The number of methoxy groups -OCH3 is 2. The van der Waals surface area contributed by atoms with Crippen LogP contribution in [0.25, 0.3) is 0 Å². The summed E-state index contributed by atoms with van der Waals surface area (Å²) in [5, 5.41) is 20.3. The highest BCUT2D eigenvalue weighted by atomic mass is 16.7. The number of esters is 1. The molecule has 0 bridgehead atoms.